The van der Waals surface area contributed by atoms with Crippen LogP contribution in [0.5, 0.6) is 0 Å². The summed E-state index contributed by atoms with van der Waals surface area (Å²) in [5, 5.41) is 5.74. The third kappa shape index (κ3) is 5.21. The SMILES string of the molecule is O=C(NCCN1CCN(c2ccc(F)cc2)CC1)Nc1cnc2c(c1)COCC2. The van der Waals surface area contributed by atoms with Gasteiger partial charge in [0.05, 0.1) is 25.1 Å². The Labute approximate surface area is 169 Å². The van der Waals surface area contributed by atoms with Gasteiger partial charge in [0.1, 0.15) is 5.82 Å². The molecule has 154 valence electrons. The van der Waals surface area contributed by atoms with Gasteiger partial charge < -0.3 is 20.3 Å². The third-order valence-electron chi connectivity index (χ3n) is 5.34. The Morgan fingerprint density at radius 1 is 1.17 bits per heavy atom. The van der Waals surface area contributed by atoms with E-state index in [-0.39, 0.29) is 11.8 Å². The molecule has 29 heavy (non-hydrogen) atoms. The van der Waals surface area contributed by atoms with Crippen molar-refractivity contribution in [1.29, 1.82) is 0 Å². The Bertz CT molecular complexity index is 837. The highest BCUT2D eigenvalue weighted by Crippen LogP contribution is 2.18. The molecule has 0 aliphatic carbocycles. The number of pyridine rings is 1. The maximum atomic E-state index is 13.1. The average Bonchev–Trinajstić information content (AvgIpc) is 2.75. The number of nitrogens with zero attached hydrogens (tertiary/aromatic N) is 3. The summed E-state index contributed by atoms with van der Waals surface area (Å²) in [5.74, 6) is -0.212. The Kier molecular flexibility index (Phi) is 6.21. The van der Waals surface area contributed by atoms with Gasteiger partial charge in [-0.15, -0.1) is 0 Å². The van der Waals surface area contributed by atoms with Gasteiger partial charge in [0.25, 0.3) is 0 Å². The highest BCUT2D eigenvalue weighted by Gasteiger charge is 2.17. The number of carbonyl (C=O) groups is 1. The lowest BCUT2D eigenvalue weighted by Gasteiger charge is -2.36. The molecule has 0 saturated carbocycles. The lowest BCUT2D eigenvalue weighted by atomic mass is 10.1. The number of benzene rings is 1. The molecule has 8 heteroatoms. The molecule has 2 aromatic rings. The van der Waals surface area contributed by atoms with E-state index in [1.165, 1.54) is 12.1 Å². The van der Waals surface area contributed by atoms with Crippen LogP contribution in [-0.2, 0) is 17.8 Å². The number of urea groups is 1. The summed E-state index contributed by atoms with van der Waals surface area (Å²) in [6, 6.07) is 8.32. The van der Waals surface area contributed by atoms with Crippen LogP contribution >= 0.6 is 0 Å². The fourth-order valence-electron chi connectivity index (χ4n) is 3.69. The van der Waals surface area contributed by atoms with Crippen molar-refractivity contribution in [2.45, 2.75) is 13.0 Å². The second-order valence-electron chi connectivity index (χ2n) is 7.32. The van der Waals surface area contributed by atoms with Gasteiger partial charge in [0.2, 0.25) is 0 Å². The fraction of sp³-hybridized carbons (Fsp3) is 0.429. The summed E-state index contributed by atoms with van der Waals surface area (Å²) in [4.78, 5) is 21.1. The van der Waals surface area contributed by atoms with Gasteiger partial charge >= 0.3 is 6.03 Å². The molecule has 0 spiro atoms. The number of ether oxygens (including phenoxy) is 1. The fourth-order valence-corrected chi connectivity index (χ4v) is 3.69. The molecule has 0 atom stereocenters. The van der Waals surface area contributed by atoms with Gasteiger partial charge in [-0.05, 0) is 30.3 Å². The molecule has 2 aliphatic rings. The molecule has 2 N–H and O–H groups in total. The molecule has 1 saturated heterocycles. The zero-order valence-electron chi connectivity index (χ0n) is 16.4. The molecule has 1 fully saturated rings. The number of fused-ring (bicyclic) bond motifs is 1. The van der Waals surface area contributed by atoms with E-state index in [9.17, 15) is 9.18 Å². The van der Waals surface area contributed by atoms with Crippen LogP contribution in [0.15, 0.2) is 36.5 Å². The van der Waals surface area contributed by atoms with Gasteiger partial charge in [-0.2, -0.15) is 0 Å². The van der Waals surface area contributed by atoms with Crippen LogP contribution in [0.25, 0.3) is 0 Å². The smallest absolute Gasteiger partial charge is 0.319 e. The van der Waals surface area contributed by atoms with E-state index >= 15 is 0 Å². The Morgan fingerprint density at radius 3 is 2.76 bits per heavy atom. The summed E-state index contributed by atoms with van der Waals surface area (Å²) in [6.07, 6.45) is 2.51. The van der Waals surface area contributed by atoms with Crippen molar-refractivity contribution >= 4 is 17.4 Å². The standard InChI is InChI=1S/C21H26FN5O2/c22-17-1-3-19(4-2-17)27-10-8-26(9-11-27)7-6-23-21(28)25-18-13-16-15-29-12-5-20(16)24-14-18/h1-4,13-14H,5-12,15H2,(H2,23,25,28). The number of rotatable bonds is 5. The number of hydrogen-bond acceptors (Lipinski definition) is 5. The number of carbonyl (C=O) groups excluding carboxylic acids is 1. The Hall–Kier alpha value is -2.71. The zero-order chi connectivity index (χ0) is 20.1. The molecular formula is C21H26FN5O2. The highest BCUT2D eigenvalue weighted by molar-refractivity contribution is 5.89. The molecule has 0 unspecified atom stereocenters. The van der Waals surface area contributed by atoms with Crippen LogP contribution < -0.4 is 15.5 Å². The maximum Gasteiger partial charge on any atom is 0.319 e. The summed E-state index contributed by atoms with van der Waals surface area (Å²) in [6.45, 7) is 6.21. The van der Waals surface area contributed by atoms with Crippen molar-refractivity contribution in [2.75, 3.05) is 56.1 Å². The highest BCUT2D eigenvalue weighted by atomic mass is 19.1. The molecule has 0 bridgehead atoms. The van der Waals surface area contributed by atoms with Crippen LogP contribution in [-0.4, -0.2) is 61.8 Å². The van der Waals surface area contributed by atoms with Gasteiger partial charge in [0, 0.05) is 62.6 Å². The van der Waals surface area contributed by atoms with Gasteiger partial charge in [0.15, 0.2) is 0 Å². The zero-order valence-corrected chi connectivity index (χ0v) is 16.4. The Balaban J connectivity index is 1.17. The molecule has 1 aromatic heterocycles. The minimum Gasteiger partial charge on any atom is -0.376 e. The van der Waals surface area contributed by atoms with Gasteiger partial charge in [-0.3, -0.25) is 9.88 Å². The molecule has 0 radical (unpaired) electrons. The second kappa shape index (κ2) is 9.19. The second-order valence-corrected chi connectivity index (χ2v) is 7.32. The number of anilines is 2. The first-order chi connectivity index (χ1) is 14.2. The van der Waals surface area contributed by atoms with E-state index in [1.807, 2.05) is 18.2 Å². The lowest BCUT2D eigenvalue weighted by molar-refractivity contribution is 0.109. The van der Waals surface area contributed by atoms with Crippen molar-refractivity contribution in [3.63, 3.8) is 0 Å². The van der Waals surface area contributed by atoms with E-state index in [2.05, 4.69) is 25.4 Å². The van der Waals surface area contributed by atoms with E-state index < -0.39 is 0 Å². The topological polar surface area (TPSA) is 69.7 Å². The number of hydrogen-bond donors (Lipinski definition) is 2. The Morgan fingerprint density at radius 2 is 1.97 bits per heavy atom. The van der Waals surface area contributed by atoms with E-state index in [4.69, 9.17) is 4.74 Å². The quantitative estimate of drug-likeness (QED) is 0.807. The van der Waals surface area contributed by atoms with E-state index in [1.54, 1.807) is 6.20 Å². The average molecular weight is 399 g/mol. The van der Waals surface area contributed by atoms with Crippen molar-refractivity contribution in [1.82, 2.24) is 15.2 Å². The lowest BCUT2D eigenvalue weighted by Crippen LogP contribution is -2.48. The monoisotopic (exact) mass is 399 g/mol. The van der Waals surface area contributed by atoms with Crippen LogP contribution in [0.1, 0.15) is 11.3 Å². The first-order valence-electron chi connectivity index (χ1n) is 10.0. The maximum absolute atomic E-state index is 13.1. The van der Waals surface area contributed by atoms with Gasteiger partial charge in [-0.25, -0.2) is 9.18 Å². The number of aromatic nitrogens is 1. The molecule has 4 rings (SSSR count). The number of piperazine rings is 1. The summed E-state index contributed by atoms with van der Waals surface area (Å²) in [5.41, 5.74) is 3.81. The molecule has 1 aromatic carbocycles. The van der Waals surface area contributed by atoms with E-state index in [0.29, 0.717) is 25.4 Å². The van der Waals surface area contributed by atoms with Crippen molar-refractivity contribution < 1.29 is 13.9 Å². The minimum absolute atomic E-state index is 0.212. The molecule has 7 nitrogen and oxygen atoms in total. The van der Waals surface area contributed by atoms with Crippen LogP contribution in [0, 0.1) is 5.82 Å². The molecule has 2 aliphatic heterocycles. The number of nitrogens with one attached hydrogen (secondary N) is 2. The molecular weight excluding hydrogens is 373 g/mol. The first kappa shape index (κ1) is 19.6. The van der Waals surface area contributed by atoms with Crippen molar-refractivity contribution in [3.8, 4) is 0 Å². The van der Waals surface area contributed by atoms with Crippen molar-refractivity contribution in [2.24, 2.45) is 0 Å². The molecule has 2 amide bonds. The largest absolute Gasteiger partial charge is 0.376 e. The minimum atomic E-state index is -0.228. The summed E-state index contributed by atoms with van der Waals surface area (Å²) < 4.78 is 18.5. The number of halogens is 1. The predicted molar refractivity (Wildman–Crippen MR) is 110 cm³/mol. The number of amides is 2. The predicted octanol–water partition coefficient (Wildman–Crippen LogP) is 2.24. The normalized spacial score (nSPS) is 16.9. The van der Waals surface area contributed by atoms with Crippen LogP contribution in [0.2, 0.25) is 0 Å². The van der Waals surface area contributed by atoms with Crippen LogP contribution in [0.4, 0.5) is 20.6 Å². The van der Waals surface area contributed by atoms with E-state index in [0.717, 1.165) is 56.1 Å². The molecule has 3 heterocycles. The van der Waals surface area contributed by atoms with Crippen molar-refractivity contribution in [3.05, 3.63) is 53.6 Å². The van der Waals surface area contributed by atoms with Gasteiger partial charge in [-0.1, -0.05) is 0 Å². The first-order valence-corrected chi connectivity index (χ1v) is 10.0. The van der Waals surface area contributed by atoms with Crippen LogP contribution in [0.3, 0.4) is 0 Å². The third-order valence-corrected chi connectivity index (χ3v) is 5.34. The summed E-state index contributed by atoms with van der Waals surface area (Å²) >= 11 is 0. The summed E-state index contributed by atoms with van der Waals surface area (Å²) in [7, 11) is 0.